The normalized spacial score (nSPS) is 11.7. The average molecular weight is 263 g/mol. The molecule has 0 saturated carbocycles. The van der Waals surface area contributed by atoms with Crippen LogP contribution in [0.3, 0.4) is 0 Å². The van der Waals surface area contributed by atoms with E-state index in [2.05, 4.69) is 10.6 Å². The Morgan fingerprint density at radius 2 is 2.11 bits per heavy atom. The van der Waals surface area contributed by atoms with Crippen molar-refractivity contribution < 1.29 is 9.59 Å². The summed E-state index contributed by atoms with van der Waals surface area (Å²) in [5, 5.41) is 5.52. The second-order valence-corrected chi connectivity index (χ2v) is 4.57. The van der Waals surface area contributed by atoms with Crippen LogP contribution < -0.4 is 16.4 Å². The maximum absolute atomic E-state index is 11.8. The van der Waals surface area contributed by atoms with E-state index >= 15 is 0 Å². The van der Waals surface area contributed by atoms with Gasteiger partial charge < -0.3 is 16.4 Å². The smallest absolute Gasteiger partial charge is 0.251 e. The van der Waals surface area contributed by atoms with Crippen LogP contribution in [0.25, 0.3) is 0 Å². The quantitative estimate of drug-likeness (QED) is 0.727. The molecule has 0 bridgehead atoms. The topological polar surface area (TPSA) is 84.2 Å². The largest absolute Gasteiger partial charge is 0.352 e. The van der Waals surface area contributed by atoms with Crippen LogP contribution in [-0.4, -0.2) is 24.4 Å². The number of carbonyl (C=O) groups is 2. The van der Waals surface area contributed by atoms with Gasteiger partial charge in [0.2, 0.25) is 5.91 Å². The van der Waals surface area contributed by atoms with E-state index in [1.807, 2.05) is 6.92 Å². The Morgan fingerprint density at radius 1 is 1.37 bits per heavy atom. The monoisotopic (exact) mass is 263 g/mol. The molecule has 5 nitrogen and oxygen atoms in total. The molecule has 0 aliphatic rings. The lowest BCUT2D eigenvalue weighted by Crippen LogP contribution is -2.25. The van der Waals surface area contributed by atoms with Crippen molar-refractivity contribution in [3.63, 3.8) is 0 Å². The summed E-state index contributed by atoms with van der Waals surface area (Å²) in [6.07, 6.45) is 1.14. The van der Waals surface area contributed by atoms with Gasteiger partial charge in [0.1, 0.15) is 0 Å². The summed E-state index contributed by atoms with van der Waals surface area (Å²) in [4.78, 5) is 23.4. The molecule has 0 aliphatic carbocycles. The van der Waals surface area contributed by atoms with Gasteiger partial charge in [-0.15, -0.1) is 0 Å². The molecule has 0 radical (unpaired) electrons. The van der Waals surface area contributed by atoms with Gasteiger partial charge in [0.15, 0.2) is 0 Å². The summed E-state index contributed by atoms with van der Waals surface area (Å²) in [6, 6.07) is 6.67. The van der Waals surface area contributed by atoms with E-state index in [1.54, 1.807) is 31.2 Å². The highest BCUT2D eigenvalue weighted by atomic mass is 16.2. The van der Waals surface area contributed by atoms with Crippen LogP contribution in [-0.2, 0) is 4.79 Å². The number of carbonyl (C=O) groups excluding carboxylic acids is 2. The predicted octanol–water partition coefficient (Wildman–Crippen LogP) is 1.50. The fraction of sp³-hybridized carbons (Fsp3) is 0.429. The minimum Gasteiger partial charge on any atom is -0.352 e. The molecule has 0 heterocycles. The van der Waals surface area contributed by atoms with Gasteiger partial charge in [0.05, 0.1) is 0 Å². The van der Waals surface area contributed by atoms with Gasteiger partial charge in [0, 0.05) is 30.3 Å². The van der Waals surface area contributed by atoms with Crippen molar-refractivity contribution in [2.75, 3.05) is 11.9 Å². The molecular weight excluding hydrogens is 242 g/mol. The number of rotatable bonds is 6. The molecule has 104 valence electrons. The molecule has 1 aromatic carbocycles. The molecule has 0 fully saturated rings. The van der Waals surface area contributed by atoms with Crippen molar-refractivity contribution in [3.8, 4) is 0 Å². The summed E-state index contributed by atoms with van der Waals surface area (Å²) in [5.74, 6) is -0.286. The van der Waals surface area contributed by atoms with Crippen LogP contribution in [0.4, 0.5) is 5.69 Å². The van der Waals surface area contributed by atoms with Gasteiger partial charge in [-0.3, -0.25) is 9.59 Å². The molecule has 1 aromatic rings. The molecule has 19 heavy (non-hydrogen) atoms. The number of nitrogens with one attached hydrogen (secondary N) is 2. The fourth-order valence-electron chi connectivity index (χ4n) is 1.58. The Morgan fingerprint density at radius 3 is 2.74 bits per heavy atom. The number of hydrogen-bond donors (Lipinski definition) is 3. The Kier molecular flexibility index (Phi) is 6.02. The zero-order valence-electron chi connectivity index (χ0n) is 11.4. The molecule has 0 saturated heterocycles. The Balaban J connectivity index is 2.66. The van der Waals surface area contributed by atoms with Crippen LogP contribution in [0.2, 0.25) is 0 Å². The first-order chi connectivity index (χ1) is 9.02. The van der Waals surface area contributed by atoms with E-state index in [9.17, 15) is 9.59 Å². The van der Waals surface area contributed by atoms with Crippen molar-refractivity contribution in [2.45, 2.75) is 32.7 Å². The van der Waals surface area contributed by atoms with Crippen molar-refractivity contribution >= 4 is 17.5 Å². The van der Waals surface area contributed by atoms with E-state index in [0.717, 1.165) is 6.42 Å². The van der Waals surface area contributed by atoms with Crippen molar-refractivity contribution in [1.29, 1.82) is 0 Å². The highest BCUT2D eigenvalue weighted by Crippen LogP contribution is 2.11. The predicted molar refractivity (Wildman–Crippen MR) is 76.0 cm³/mol. The maximum atomic E-state index is 11.8. The number of hydrogen-bond acceptors (Lipinski definition) is 3. The van der Waals surface area contributed by atoms with Crippen molar-refractivity contribution in [3.05, 3.63) is 29.8 Å². The number of amides is 2. The average Bonchev–Trinajstić information content (AvgIpc) is 2.35. The Hall–Kier alpha value is -1.88. The molecule has 2 amide bonds. The van der Waals surface area contributed by atoms with Gasteiger partial charge in [-0.25, -0.2) is 0 Å². The van der Waals surface area contributed by atoms with Crippen LogP contribution >= 0.6 is 0 Å². The Bertz CT molecular complexity index is 444. The molecule has 1 atom stereocenters. The summed E-state index contributed by atoms with van der Waals surface area (Å²) < 4.78 is 0. The third-order valence-corrected chi connectivity index (χ3v) is 2.45. The lowest BCUT2D eigenvalue weighted by Gasteiger charge is -2.09. The van der Waals surface area contributed by atoms with Crippen LogP contribution in [0.15, 0.2) is 24.3 Å². The summed E-state index contributed by atoms with van der Waals surface area (Å²) >= 11 is 0. The maximum Gasteiger partial charge on any atom is 0.251 e. The van der Waals surface area contributed by atoms with E-state index < -0.39 is 0 Å². The molecule has 0 aromatic heterocycles. The molecule has 1 rings (SSSR count). The molecule has 0 aliphatic heterocycles. The third kappa shape index (κ3) is 5.52. The minimum absolute atomic E-state index is 0.134. The number of anilines is 1. The summed E-state index contributed by atoms with van der Waals surface area (Å²) in [6.45, 7) is 4.40. The van der Waals surface area contributed by atoms with Crippen molar-refractivity contribution in [1.82, 2.24) is 5.32 Å². The van der Waals surface area contributed by atoms with Crippen LogP contribution in [0.1, 0.15) is 37.0 Å². The third-order valence-electron chi connectivity index (χ3n) is 2.45. The highest BCUT2D eigenvalue weighted by molar-refractivity contribution is 5.97. The van der Waals surface area contributed by atoms with Crippen LogP contribution in [0, 0.1) is 0 Å². The molecule has 4 N–H and O–H groups in total. The first kappa shape index (κ1) is 15.2. The van der Waals surface area contributed by atoms with E-state index in [1.165, 1.54) is 0 Å². The van der Waals surface area contributed by atoms with E-state index in [-0.39, 0.29) is 24.3 Å². The van der Waals surface area contributed by atoms with Crippen LogP contribution in [0.5, 0.6) is 0 Å². The van der Waals surface area contributed by atoms with Crippen molar-refractivity contribution in [2.24, 2.45) is 5.73 Å². The number of benzene rings is 1. The molecular formula is C14H21N3O2. The SMILES string of the molecule is CCCNC(=O)c1cccc(NC(=O)CC(C)N)c1. The molecule has 1 unspecified atom stereocenters. The van der Waals surface area contributed by atoms with Gasteiger partial charge in [-0.05, 0) is 31.5 Å². The Labute approximate surface area is 113 Å². The van der Waals surface area contributed by atoms with Gasteiger partial charge >= 0.3 is 0 Å². The lowest BCUT2D eigenvalue weighted by atomic mass is 10.1. The van der Waals surface area contributed by atoms with E-state index in [4.69, 9.17) is 5.73 Å². The highest BCUT2D eigenvalue weighted by Gasteiger charge is 2.08. The lowest BCUT2D eigenvalue weighted by molar-refractivity contribution is -0.116. The zero-order valence-corrected chi connectivity index (χ0v) is 11.4. The first-order valence-corrected chi connectivity index (χ1v) is 6.46. The summed E-state index contributed by atoms with van der Waals surface area (Å²) in [7, 11) is 0. The zero-order chi connectivity index (χ0) is 14.3. The second-order valence-electron chi connectivity index (χ2n) is 4.57. The van der Waals surface area contributed by atoms with Gasteiger partial charge in [-0.2, -0.15) is 0 Å². The van der Waals surface area contributed by atoms with Gasteiger partial charge in [0.25, 0.3) is 5.91 Å². The second kappa shape index (κ2) is 7.53. The minimum atomic E-state index is -0.184. The fourth-order valence-corrected chi connectivity index (χ4v) is 1.58. The number of nitrogens with two attached hydrogens (primary N) is 1. The molecule has 5 heteroatoms. The van der Waals surface area contributed by atoms with E-state index in [0.29, 0.717) is 17.8 Å². The summed E-state index contributed by atoms with van der Waals surface area (Å²) in [5.41, 5.74) is 6.70. The standard InChI is InChI=1S/C14H21N3O2/c1-3-7-16-14(19)11-5-4-6-12(9-11)17-13(18)8-10(2)15/h4-6,9-10H,3,7-8,15H2,1-2H3,(H,16,19)(H,17,18). The van der Waals surface area contributed by atoms with Gasteiger partial charge in [-0.1, -0.05) is 13.0 Å². The molecule has 0 spiro atoms. The first-order valence-electron chi connectivity index (χ1n) is 6.46.